The van der Waals surface area contributed by atoms with Crippen molar-refractivity contribution < 1.29 is 40.6 Å². The highest BCUT2D eigenvalue weighted by molar-refractivity contribution is 5.38. The summed E-state index contributed by atoms with van der Waals surface area (Å²) in [6, 6.07) is 0.871. The minimum absolute atomic E-state index is 0.636. The summed E-state index contributed by atoms with van der Waals surface area (Å²) in [6.45, 7) is 0. The van der Waals surface area contributed by atoms with Crippen molar-refractivity contribution in [2.75, 3.05) is 7.11 Å². The second-order valence-electron chi connectivity index (χ2n) is 4.17. The Morgan fingerprint density at radius 1 is 1.09 bits per heavy atom. The number of methoxy groups -OCH3 is 1. The van der Waals surface area contributed by atoms with Crippen molar-refractivity contribution in [3.05, 3.63) is 34.4 Å². The highest BCUT2D eigenvalue weighted by Crippen LogP contribution is 2.34. The molecule has 0 heterocycles. The Hall–Kier alpha value is -1.86. The van der Waals surface area contributed by atoms with Gasteiger partial charge in [0.15, 0.2) is 29.4 Å². The molecule has 2 atom stereocenters. The predicted octanol–water partition coefficient (Wildman–Crippen LogP) is 3.12. The van der Waals surface area contributed by atoms with Crippen molar-refractivity contribution >= 4 is 0 Å². The first kappa shape index (κ1) is 18.2. The Morgan fingerprint density at radius 2 is 1.55 bits per heavy atom. The van der Waals surface area contributed by atoms with E-state index in [1.165, 1.54) is 0 Å². The van der Waals surface area contributed by atoms with E-state index < -0.39 is 59.2 Å². The zero-order valence-corrected chi connectivity index (χ0v) is 10.8. The lowest BCUT2D eigenvalue weighted by Gasteiger charge is -2.22. The van der Waals surface area contributed by atoms with E-state index in [0.717, 1.165) is 6.07 Å². The van der Waals surface area contributed by atoms with E-state index >= 15 is 0 Å². The summed E-state index contributed by atoms with van der Waals surface area (Å²) in [5.74, 6) is -8.48. The smallest absolute Gasteiger partial charge is 0.388 e. The van der Waals surface area contributed by atoms with Crippen molar-refractivity contribution in [2.24, 2.45) is 0 Å². The van der Waals surface area contributed by atoms with Gasteiger partial charge in [0.1, 0.15) is 11.6 Å². The van der Waals surface area contributed by atoms with Crippen LogP contribution in [0, 0.1) is 34.6 Å². The van der Waals surface area contributed by atoms with Gasteiger partial charge in [0, 0.05) is 13.5 Å². The number of hydrogen-bond donors (Lipinski definition) is 1. The fourth-order valence-corrected chi connectivity index (χ4v) is 1.72. The van der Waals surface area contributed by atoms with Crippen LogP contribution in [0.2, 0.25) is 0 Å². The number of ether oxygens (including phenoxy) is 1. The third-order valence-corrected chi connectivity index (χ3v) is 2.83. The van der Waals surface area contributed by atoms with Crippen molar-refractivity contribution in [1.29, 1.82) is 5.26 Å². The third kappa shape index (κ3) is 3.31. The molecule has 10 heteroatoms. The first-order valence-electron chi connectivity index (χ1n) is 5.59. The van der Waals surface area contributed by atoms with E-state index in [1.54, 1.807) is 0 Å². The molecule has 0 saturated carbocycles. The first-order chi connectivity index (χ1) is 10.1. The Balaban J connectivity index is 3.31. The molecule has 3 nitrogen and oxygen atoms in total. The van der Waals surface area contributed by atoms with Gasteiger partial charge in [-0.15, -0.1) is 0 Å². The Labute approximate surface area is 119 Å². The van der Waals surface area contributed by atoms with Crippen LogP contribution in [0.25, 0.3) is 0 Å². The van der Waals surface area contributed by atoms with Crippen LogP contribution in [0.3, 0.4) is 0 Å². The molecule has 0 aliphatic rings. The van der Waals surface area contributed by atoms with Gasteiger partial charge in [0.05, 0.1) is 11.7 Å². The van der Waals surface area contributed by atoms with Gasteiger partial charge in [-0.05, 0) is 0 Å². The molecule has 0 aliphatic heterocycles. The normalized spacial score (nSPS) is 14.5. The Bertz CT molecular complexity index is 580. The van der Waals surface area contributed by atoms with Crippen LogP contribution in [-0.2, 0) is 4.74 Å². The standard InChI is InChI=1S/C12H8F7NO2/c1-22-6(12(17,18)19)2-5(21)7-10(15)8(13)4(3-20)9(14)11(7)16/h5-6,21H,2H2,1H3. The van der Waals surface area contributed by atoms with Gasteiger partial charge in [-0.3, -0.25) is 0 Å². The highest BCUT2D eigenvalue weighted by atomic mass is 19.4. The second kappa shape index (κ2) is 6.50. The van der Waals surface area contributed by atoms with Crippen LogP contribution in [0.5, 0.6) is 0 Å². The number of nitriles is 1. The average Bonchev–Trinajstić information content (AvgIpc) is 2.42. The van der Waals surface area contributed by atoms with E-state index in [-0.39, 0.29) is 0 Å². The van der Waals surface area contributed by atoms with Crippen LogP contribution in [-0.4, -0.2) is 24.5 Å². The van der Waals surface area contributed by atoms with Gasteiger partial charge >= 0.3 is 6.18 Å². The van der Waals surface area contributed by atoms with Crippen LogP contribution in [0.4, 0.5) is 30.7 Å². The lowest BCUT2D eigenvalue weighted by Crippen LogP contribution is -2.32. The maximum Gasteiger partial charge on any atom is 0.414 e. The highest BCUT2D eigenvalue weighted by Gasteiger charge is 2.42. The molecule has 0 spiro atoms. The van der Waals surface area contributed by atoms with Crippen LogP contribution >= 0.6 is 0 Å². The van der Waals surface area contributed by atoms with Crippen LogP contribution < -0.4 is 0 Å². The van der Waals surface area contributed by atoms with E-state index in [4.69, 9.17) is 5.26 Å². The summed E-state index contributed by atoms with van der Waals surface area (Å²) in [6.07, 6.45) is -11.5. The Morgan fingerprint density at radius 3 is 1.86 bits per heavy atom. The number of hydrogen-bond acceptors (Lipinski definition) is 3. The number of benzene rings is 1. The second-order valence-corrected chi connectivity index (χ2v) is 4.17. The summed E-state index contributed by atoms with van der Waals surface area (Å²) in [5.41, 5.74) is -3.22. The number of nitrogens with zero attached hydrogens (tertiary/aromatic N) is 1. The molecule has 1 N–H and O–H groups in total. The molecule has 0 bridgehead atoms. The zero-order chi connectivity index (χ0) is 17.2. The van der Waals surface area contributed by atoms with E-state index in [1.807, 2.05) is 0 Å². The quantitative estimate of drug-likeness (QED) is 0.681. The van der Waals surface area contributed by atoms with E-state index in [2.05, 4.69) is 4.74 Å². The molecule has 22 heavy (non-hydrogen) atoms. The maximum atomic E-state index is 13.6. The van der Waals surface area contributed by atoms with E-state index in [9.17, 15) is 35.8 Å². The van der Waals surface area contributed by atoms with Crippen LogP contribution in [0.15, 0.2) is 0 Å². The molecule has 1 rings (SSSR count). The van der Waals surface area contributed by atoms with Crippen molar-refractivity contribution in [2.45, 2.75) is 24.8 Å². The average molecular weight is 331 g/mol. The van der Waals surface area contributed by atoms with Gasteiger partial charge in [0.2, 0.25) is 0 Å². The summed E-state index contributed by atoms with van der Waals surface area (Å²) in [5, 5.41) is 17.9. The molecule has 0 fully saturated rings. The molecule has 1 aromatic rings. The molecule has 2 unspecified atom stereocenters. The van der Waals surface area contributed by atoms with Gasteiger partial charge in [0.25, 0.3) is 0 Å². The zero-order valence-electron chi connectivity index (χ0n) is 10.8. The minimum Gasteiger partial charge on any atom is -0.388 e. The predicted molar refractivity (Wildman–Crippen MR) is 57.4 cm³/mol. The summed E-state index contributed by atoms with van der Waals surface area (Å²) < 4.78 is 95.3. The Kier molecular flexibility index (Phi) is 5.37. The topological polar surface area (TPSA) is 53.2 Å². The fraction of sp³-hybridized carbons (Fsp3) is 0.417. The van der Waals surface area contributed by atoms with Gasteiger partial charge in [-0.1, -0.05) is 0 Å². The molecule has 122 valence electrons. The van der Waals surface area contributed by atoms with Crippen molar-refractivity contribution in [3.63, 3.8) is 0 Å². The van der Waals surface area contributed by atoms with E-state index in [0.29, 0.717) is 7.11 Å². The van der Waals surface area contributed by atoms with Gasteiger partial charge in [-0.25, -0.2) is 17.6 Å². The number of alkyl halides is 3. The molecular weight excluding hydrogens is 323 g/mol. The lowest BCUT2D eigenvalue weighted by atomic mass is 9.99. The first-order valence-corrected chi connectivity index (χ1v) is 5.59. The third-order valence-electron chi connectivity index (χ3n) is 2.83. The molecular formula is C12H8F7NO2. The summed E-state index contributed by atoms with van der Waals surface area (Å²) in [7, 11) is 0.636. The largest absolute Gasteiger partial charge is 0.414 e. The molecule has 0 amide bonds. The monoisotopic (exact) mass is 331 g/mol. The maximum absolute atomic E-state index is 13.6. The molecule has 0 aliphatic carbocycles. The molecule has 0 aromatic heterocycles. The van der Waals surface area contributed by atoms with Gasteiger partial charge in [-0.2, -0.15) is 18.4 Å². The lowest BCUT2D eigenvalue weighted by molar-refractivity contribution is -0.220. The van der Waals surface area contributed by atoms with Gasteiger partial charge < -0.3 is 9.84 Å². The van der Waals surface area contributed by atoms with Crippen LogP contribution in [0.1, 0.15) is 23.7 Å². The summed E-state index contributed by atoms with van der Waals surface area (Å²) in [4.78, 5) is 0. The SMILES string of the molecule is COC(CC(O)c1c(F)c(F)c(C#N)c(F)c1F)C(F)(F)F. The number of rotatable bonds is 4. The number of aliphatic hydroxyl groups is 1. The fourth-order valence-electron chi connectivity index (χ4n) is 1.72. The molecule has 1 aromatic carbocycles. The van der Waals surface area contributed by atoms with Crippen molar-refractivity contribution in [1.82, 2.24) is 0 Å². The van der Waals surface area contributed by atoms with Crippen molar-refractivity contribution in [3.8, 4) is 6.07 Å². The molecule has 0 radical (unpaired) electrons. The number of halogens is 7. The summed E-state index contributed by atoms with van der Waals surface area (Å²) >= 11 is 0. The molecule has 0 saturated heterocycles. The minimum atomic E-state index is -4.97. The number of aliphatic hydroxyl groups excluding tert-OH is 1.